The first kappa shape index (κ1) is 17.0. The van der Waals surface area contributed by atoms with Gasteiger partial charge in [0.1, 0.15) is 12.4 Å². The van der Waals surface area contributed by atoms with Crippen molar-refractivity contribution in [2.75, 3.05) is 21.3 Å². The van der Waals surface area contributed by atoms with Crippen molar-refractivity contribution in [1.29, 1.82) is 0 Å². The Labute approximate surface area is 145 Å². The number of phenolic OH excluding ortho intramolecular Hbond substituents is 1. The smallest absolute Gasteiger partial charge is 0.203 e. The van der Waals surface area contributed by atoms with Crippen LogP contribution >= 0.6 is 0 Å². The zero-order valence-corrected chi connectivity index (χ0v) is 14.5. The molecule has 2 aromatic carbocycles. The van der Waals surface area contributed by atoms with Gasteiger partial charge < -0.3 is 24.1 Å². The van der Waals surface area contributed by atoms with Gasteiger partial charge in [-0.05, 0) is 24.3 Å². The summed E-state index contributed by atoms with van der Waals surface area (Å²) in [5.41, 5.74) is 2.16. The second kappa shape index (κ2) is 6.55. The molecule has 0 amide bonds. The van der Waals surface area contributed by atoms with Gasteiger partial charge in [-0.2, -0.15) is 0 Å². The summed E-state index contributed by atoms with van der Waals surface area (Å²) in [7, 11) is 4.51. The van der Waals surface area contributed by atoms with E-state index in [1.54, 1.807) is 24.3 Å². The summed E-state index contributed by atoms with van der Waals surface area (Å²) in [6, 6.07) is 6.82. The van der Waals surface area contributed by atoms with E-state index in [1.165, 1.54) is 21.3 Å². The van der Waals surface area contributed by atoms with Crippen molar-refractivity contribution in [3.05, 3.63) is 41.0 Å². The average Bonchev–Trinajstić information content (AvgIpc) is 2.96. The Hall–Kier alpha value is -2.89. The van der Waals surface area contributed by atoms with E-state index in [1.807, 2.05) is 6.92 Å². The van der Waals surface area contributed by atoms with Crippen molar-refractivity contribution in [1.82, 2.24) is 0 Å². The van der Waals surface area contributed by atoms with Gasteiger partial charge in [0.2, 0.25) is 5.75 Å². The Morgan fingerprint density at radius 3 is 2.36 bits per heavy atom. The SMILES string of the molecule is COc1cc([C@H]2Oc3c(OC)cc(C=O)cc3[C@@H]2C)cc(O)c1OC. The first-order valence-corrected chi connectivity index (χ1v) is 7.82. The first-order chi connectivity index (χ1) is 12.0. The number of aldehydes is 1. The third-order valence-electron chi connectivity index (χ3n) is 4.46. The predicted octanol–water partition coefficient (Wildman–Crippen LogP) is 3.47. The molecule has 0 radical (unpaired) electrons. The van der Waals surface area contributed by atoms with E-state index in [-0.39, 0.29) is 23.5 Å². The zero-order chi connectivity index (χ0) is 18.1. The Morgan fingerprint density at radius 1 is 1.04 bits per heavy atom. The second-order valence-electron chi connectivity index (χ2n) is 5.86. The molecule has 2 atom stereocenters. The minimum Gasteiger partial charge on any atom is -0.504 e. The molecule has 1 heterocycles. The summed E-state index contributed by atoms with van der Waals surface area (Å²) in [5, 5.41) is 10.2. The van der Waals surface area contributed by atoms with Crippen LogP contribution in [0.1, 0.15) is 40.4 Å². The van der Waals surface area contributed by atoms with Gasteiger partial charge >= 0.3 is 0 Å². The van der Waals surface area contributed by atoms with E-state index in [9.17, 15) is 9.90 Å². The van der Waals surface area contributed by atoms with Gasteiger partial charge in [0, 0.05) is 22.6 Å². The van der Waals surface area contributed by atoms with Crippen LogP contribution in [0.3, 0.4) is 0 Å². The van der Waals surface area contributed by atoms with Crippen LogP contribution < -0.4 is 18.9 Å². The zero-order valence-electron chi connectivity index (χ0n) is 14.5. The molecule has 0 aromatic heterocycles. The number of carbonyl (C=O) groups is 1. The van der Waals surface area contributed by atoms with E-state index in [0.29, 0.717) is 22.8 Å². The van der Waals surface area contributed by atoms with Crippen LogP contribution in [0.2, 0.25) is 0 Å². The van der Waals surface area contributed by atoms with Crippen molar-refractivity contribution in [2.45, 2.75) is 18.9 Å². The maximum Gasteiger partial charge on any atom is 0.203 e. The summed E-state index contributed by atoms with van der Waals surface area (Å²) in [6.07, 6.45) is 0.432. The number of ether oxygens (including phenoxy) is 4. The van der Waals surface area contributed by atoms with Gasteiger partial charge in [-0.25, -0.2) is 0 Å². The lowest BCUT2D eigenvalue weighted by Gasteiger charge is -2.18. The van der Waals surface area contributed by atoms with Gasteiger partial charge in [-0.1, -0.05) is 6.92 Å². The number of carbonyl (C=O) groups excluding carboxylic acids is 1. The highest BCUT2D eigenvalue weighted by Gasteiger charge is 2.36. The van der Waals surface area contributed by atoms with Crippen LogP contribution in [-0.2, 0) is 0 Å². The van der Waals surface area contributed by atoms with E-state index >= 15 is 0 Å². The number of phenols is 1. The van der Waals surface area contributed by atoms with Crippen LogP contribution in [-0.4, -0.2) is 32.7 Å². The molecule has 3 rings (SSSR count). The first-order valence-electron chi connectivity index (χ1n) is 7.82. The molecule has 0 unspecified atom stereocenters. The Bertz CT molecular complexity index is 814. The topological polar surface area (TPSA) is 74.2 Å². The predicted molar refractivity (Wildman–Crippen MR) is 91.4 cm³/mol. The molecule has 1 N–H and O–H groups in total. The van der Waals surface area contributed by atoms with Crippen molar-refractivity contribution in [2.24, 2.45) is 0 Å². The molecule has 1 aliphatic heterocycles. The fourth-order valence-corrected chi connectivity index (χ4v) is 3.21. The number of aromatic hydroxyl groups is 1. The fourth-order valence-electron chi connectivity index (χ4n) is 3.21. The van der Waals surface area contributed by atoms with Crippen molar-refractivity contribution >= 4 is 6.29 Å². The summed E-state index contributed by atoms with van der Waals surface area (Å²) in [6.45, 7) is 2.00. The summed E-state index contributed by atoms with van der Waals surface area (Å²) in [5.74, 6) is 1.75. The standard InChI is InChI=1S/C19H20O6/c1-10-13-5-11(9-20)6-15(22-2)18(13)25-17(10)12-7-14(21)19(24-4)16(8-12)23-3/h5-10,17,21H,1-4H3/t10-,17-/m0/s1. The highest BCUT2D eigenvalue weighted by molar-refractivity contribution is 5.78. The van der Waals surface area contributed by atoms with Crippen molar-refractivity contribution < 1.29 is 28.8 Å². The summed E-state index contributed by atoms with van der Waals surface area (Å²) >= 11 is 0. The van der Waals surface area contributed by atoms with Gasteiger partial charge in [0.05, 0.1) is 21.3 Å². The normalized spacial score (nSPS) is 18.2. The lowest BCUT2D eigenvalue weighted by atomic mass is 9.91. The van der Waals surface area contributed by atoms with Crippen LogP contribution in [0.25, 0.3) is 0 Å². The molecular formula is C19H20O6. The minimum atomic E-state index is -0.350. The molecule has 0 bridgehead atoms. The second-order valence-corrected chi connectivity index (χ2v) is 5.86. The molecular weight excluding hydrogens is 324 g/mol. The minimum absolute atomic E-state index is 0.0239. The van der Waals surface area contributed by atoms with Gasteiger partial charge in [0.25, 0.3) is 0 Å². The number of fused-ring (bicyclic) bond motifs is 1. The molecule has 25 heavy (non-hydrogen) atoms. The van der Waals surface area contributed by atoms with Crippen molar-refractivity contribution in [3.8, 4) is 28.7 Å². The van der Waals surface area contributed by atoms with E-state index in [0.717, 1.165) is 17.4 Å². The lowest BCUT2D eigenvalue weighted by Crippen LogP contribution is -2.08. The molecule has 0 fully saturated rings. The molecule has 6 nitrogen and oxygen atoms in total. The molecule has 2 aromatic rings. The van der Waals surface area contributed by atoms with Gasteiger partial charge in [-0.15, -0.1) is 0 Å². The van der Waals surface area contributed by atoms with Crippen molar-refractivity contribution in [3.63, 3.8) is 0 Å². The number of hydrogen-bond donors (Lipinski definition) is 1. The molecule has 0 spiro atoms. The fraction of sp³-hybridized carbons (Fsp3) is 0.316. The summed E-state index contributed by atoms with van der Waals surface area (Å²) in [4.78, 5) is 11.2. The van der Waals surface area contributed by atoms with Gasteiger partial charge in [0.15, 0.2) is 23.0 Å². The van der Waals surface area contributed by atoms with Gasteiger partial charge in [-0.3, -0.25) is 4.79 Å². The van der Waals surface area contributed by atoms with Crippen LogP contribution in [0.4, 0.5) is 0 Å². The lowest BCUT2D eigenvalue weighted by molar-refractivity contribution is 0.112. The third-order valence-corrected chi connectivity index (χ3v) is 4.46. The molecule has 1 aliphatic rings. The molecule has 6 heteroatoms. The van der Waals surface area contributed by atoms with E-state index in [4.69, 9.17) is 18.9 Å². The highest BCUT2D eigenvalue weighted by Crippen LogP contribution is 2.52. The van der Waals surface area contributed by atoms with Crippen LogP contribution in [0.15, 0.2) is 24.3 Å². The van der Waals surface area contributed by atoms with E-state index < -0.39 is 0 Å². The monoisotopic (exact) mass is 344 g/mol. The Balaban J connectivity index is 2.06. The van der Waals surface area contributed by atoms with Crippen LogP contribution in [0.5, 0.6) is 28.7 Å². The maximum absolute atomic E-state index is 11.2. The molecule has 0 saturated carbocycles. The number of methoxy groups -OCH3 is 3. The number of benzene rings is 2. The number of rotatable bonds is 5. The van der Waals surface area contributed by atoms with Crippen LogP contribution in [0, 0.1) is 0 Å². The molecule has 0 saturated heterocycles. The third kappa shape index (κ3) is 2.73. The molecule has 0 aliphatic carbocycles. The maximum atomic E-state index is 11.2. The highest BCUT2D eigenvalue weighted by atomic mass is 16.5. The number of hydrogen-bond acceptors (Lipinski definition) is 6. The Kier molecular flexibility index (Phi) is 4.44. The Morgan fingerprint density at radius 2 is 1.76 bits per heavy atom. The molecule has 132 valence electrons. The average molecular weight is 344 g/mol. The van der Waals surface area contributed by atoms with E-state index in [2.05, 4.69) is 0 Å². The quantitative estimate of drug-likeness (QED) is 0.837. The largest absolute Gasteiger partial charge is 0.504 e. The summed E-state index contributed by atoms with van der Waals surface area (Å²) < 4.78 is 21.9.